The summed E-state index contributed by atoms with van der Waals surface area (Å²) >= 11 is 1.71. The molecule has 0 radical (unpaired) electrons. The molecule has 0 amide bonds. The fraction of sp³-hybridized carbons (Fsp3) is 0.240. The smallest absolute Gasteiger partial charge is 0.229 e. The van der Waals surface area contributed by atoms with Crippen molar-refractivity contribution in [3.05, 3.63) is 72.6 Å². The van der Waals surface area contributed by atoms with Crippen LogP contribution in [0.1, 0.15) is 30.5 Å². The molecule has 4 aromatic heterocycles. The number of piperidine rings is 1. The summed E-state index contributed by atoms with van der Waals surface area (Å²) < 4.78 is 5.43. The number of rotatable bonds is 4. The van der Waals surface area contributed by atoms with Crippen LogP contribution in [0.25, 0.3) is 32.0 Å². The number of aryl methyl sites for hydroxylation is 1. The number of thiophene rings is 1. The molecule has 7 nitrogen and oxygen atoms in total. The number of benzene rings is 1. The average molecular weight is 455 g/mol. The first-order valence-electron chi connectivity index (χ1n) is 11.1. The van der Waals surface area contributed by atoms with Gasteiger partial charge in [-0.05, 0) is 43.5 Å². The summed E-state index contributed by atoms with van der Waals surface area (Å²) in [4.78, 5) is 23.2. The van der Waals surface area contributed by atoms with E-state index in [0.29, 0.717) is 17.6 Å². The number of hydrogen-bond donors (Lipinski definition) is 0. The molecule has 0 unspecified atom stereocenters. The van der Waals surface area contributed by atoms with Crippen LogP contribution in [0.15, 0.2) is 65.4 Å². The molecule has 1 aromatic carbocycles. The number of anilines is 1. The van der Waals surface area contributed by atoms with E-state index in [2.05, 4.69) is 50.4 Å². The molecule has 0 spiro atoms. The summed E-state index contributed by atoms with van der Waals surface area (Å²) in [6.07, 6.45) is 5.49. The first-order valence-corrected chi connectivity index (χ1v) is 11.9. The van der Waals surface area contributed by atoms with E-state index in [1.807, 2.05) is 31.3 Å². The topological polar surface area (TPSA) is 80.8 Å². The number of hydrogen-bond acceptors (Lipinski definition) is 8. The van der Waals surface area contributed by atoms with Crippen LogP contribution >= 0.6 is 11.3 Å². The third-order valence-electron chi connectivity index (χ3n) is 6.04. The first-order chi connectivity index (χ1) is 16.2. The minimum atomic E-state index is 0.292. The van der Waals surface area contributed by atoms with E-state index in [1.165, 1.54) is 10.4 Å². The Morgan fingerprint density at radius 2 is 1.79 bits per heavy atom. The predicted molar refractivity (Wildman–Crippen MR) is 129 cm³/mol. The highest BCUT2D eigenvalue weighted by Gasteiger charge is 2.27. The molecule has 8 heteroatoms. The molecule has 1 aliphatic rings. The molecular weight excluding hydrogens is 432 g/mol. The number of nitrogens with zero attached hydrogens (tertiary/aromatic N) is 6. The van der Waals surface area contributed by atoms with Crippen molar-refractivity contribution in [1.29, 1.82) is 0 Å². The SMILES string of the molecule is Cc1noc(C2CCN(c3nc(-c4cccnc4)nc4sc(-c5ccccc5)cc34)CC2)n1. The van der Waals surface area contributed by atoms with E-state index < -0.39 is 0 Å². The second kappa shape index (κ2) is 8.37. The van der Waals surface area contributed by atoms with Crippen molar-refractivity contribution in [2.75, 3.05) is 18.0 Å². The molecule has 0 aliphatic carbocycles. The van der Waals surface area contributed by atoms with Crippen molar-refractivity contribution in [2.45, 2.75) is 25.7 Å². The van der Waals surface area contributed by atoms with Crippen molar-refractivity contribution >= 4 is 27.4 Å². The van der Waals surface area contributed by atoms with Gasteiger partial charge in [0.15, 0.2) is 11.6 Å². The molecule has 0 atom stereocenters. The van der Waals surface area contributed by atoms with Gasteiger partial charge in [-0.2, -0.15) is 4.98 Å². The van der Waals surface area contributed by atoms with Gasteiger partial charge in [-0.15, -0.1) is 11.3 Å². The Morgan fingerprint density at radius 1 is 0.970 bits per heavy atom. The third-order valence-corrected chi connectivity index (χ3v) is 7.12. The Morgan fingerprint density at radius 3 is 2.52 bits per heavy atom. The first kappa shape index (κ1) is 20.0. The highest BCUT2D eigenvalue weighted by atomic mass is 32.1. The largest absolute Gasteiger partial charge is 0.356 e. The van der Waals surface area contributed by atoms with Crippen molar-refractivity contribution in [2.24, 2.45) is 0 Å². The quantitative estimate of drug-likeness (QED) is 0.355. The van der Waals surface area contributed by atoms with Crippen molar-refractivity contribution in [3.63, 3.8) is 0 Å². The summed E-state index contributed by atoms with van der Waals surface area (Å²) in [5.41, 5.74) is 2.12. The molecule has 0 saturated carbocycles. The molecule has 0 bridgehead atoms. The van der Waals surface area contributed by atoms with E-state index in [-0.39, 0.29) is 0 Å². The lowest BCUT2D eigenvalue weighted by atomic mass is 9.96. The monoisotopic (exact) mass is 454 g/mol. The molecule has 164 valence electrons. The normalized spacial score (nSPS) is 14.8. The molecule has 33 heavy (non-hydrogen) atoms. The zero-order valence-corrected chi connectivity index (χ0v) is 19.0. The van der Waals surface area contributed by atoms with E-state index in [1.54, 1.807) is 17.5 Å². The maximum absolute atomic E-state index is 5.43. The lowest BCUT2D eigenvalue weighted by molar-refractivity contribution is 0.327. The summed E-state index contributed by atoms with van der Waals surface area (Å²) in [7, 11) is 0. The summed E-state index contributed by atoms with van der Waals surface area (Å²) in [5.74, 6) is 3.43. The highest BCUT2D eigenvalue weighted by molar-refractivity contribution is 7.22. The van der Waals surface area contributed by atoms with E-state index in [9.17, 15) is 0 Å². The third kappa shape index (κ3) is 3.87. The Bertz CT molecular complexity index is 1390. The standard InChI is InChI=1S/C25H22N6OS/c1-16-27-24(32-30-16)18-9-12-31(13-10-18)23-20-14-21(17-6-3-2-4-7-17)33-25(20)29-22(28-23)19-8-5-11-26-15-19/h2-8,11,14-15,18H,9-10,12-13H2,1H3. The van der Waals surface area contributed by atoms with Crippen LogP contribution in [0, 0.1) is 6.92 Å². The van der Waals surface area contributed by atoms with Crippen molar-refractivity contribution < 1.29 is 4.52 Å². The number of fused-ring (bicyclic) bond motifs is 1. The summed E-state index contributed by atoms with van der Waals surface area (Å²) in [6.45, 7) is 3.61. The van der Waals surface area contributed by atoms with Crippen molar-refractivity contribution in [3.8, 4) is 21.8 Å². The number of pyridine rings is 1. The van der Waals surface area contributed by atoms with Gasteiger partial charge < -0.3 is 9.42 Å². The van der Waals surface area contributed by atoms with Gasteiger partial charge in [-0.1, -0.05) is 35.5 Å². The Balaban J connectivity index is 1.39. The number of aromatic nitrogens is 5. The molecule has 0 N–H and O–H groups in total. The second-order valence-corrected chi connectivity index (χ2v) is 9.28. The lowest BCUT2D eigenvalue weighted by Crippen LogP contribution is -2.33. The predicted octanol–water partition coefficient (Wildman–Crippen LogP) is 5.50. The van der Waals surface area contributed by atoms with Crippen LogP contribution in [0.5, 0.6) is 0 Å². The van der Waals surface area contributed by atoms with Gasteiger partial charge in [0.05, 0.1) is 5.39 Å². The Kier molecular flexibility index (Phi) is 5.07. The maximum Gasteiger partial charge on any atom is 0.229 e. The fourth-order valence-corrected chi connectivity index (χ4v) is 5.36. The zero-order valence-electron chi connectivity index (χ0n) is 18.2. The molecular formula is C25H22N6OS. The highest BCUT2D eigenvalue weighted by Crippen LogP contribution is 2.39. The van der Waals surface area contributed by atoms with Crippen LogP contribution in [-0.4, -0.2) is 38.2 Å². The van der Waals surface area contributed by atoms with Gasteiger partial charge >= 0.3 is 0 Å². The van der Waals surface area contributed by atoms with E-state index in [0.717, 1.165) is 53.4 Å². The molecule has 1 fully saturated rings. The minimum Gasteiger partial charge on any atom is -0.356 e. The van der Waals surface area contributed by atoms with Crippen LogP contribution in [0.2, 0.25) is 0 Å². The second-order valence-electron chi connectivity index (χ2n) is 8.25. The van der Waals surface area contributed by atoms with E-state index in [4.69, 9.17) is 14.5 Å². The zero-order chi connectivity index (χ0) is 22.2. The van der Waals surface area contributed by atoms with Gasteiger partial charge in [0.2, 0.25) is 5.89 Å². The van der Waals surface area contributed by atoms with Crippen LogP contribution in [0.3, 0.4) is 0 Å². The molecule has 5 heterocycles. The lowest BCUT2D eigenvalue weighted by Gasteiger charge is -2.31. The van der Waals surface area contributed by atoms with Gasteiger partial charge in [0.25, 0.3) is 0 Å². The Labute approximate surface area is 195 Å². The Hall–Kier alpha value is -3.65. The molecule has 5 aromatic rings. The minimum absolute atomic E-state index is 0.292. The van der Waals surface area contributed by atoms with Crippen LogP contribution in [-0.2, 0) is 0 Å². The molecule has 6 rings (SSSR count). The molecule has 1 aliphatic heterocycles. The van der Waals surface area contributed by atoms with Gasteiger partial charge in [0, 0.05) is 41.8 Å². The van der Waals surface area contributed by atoms with Gasteiger partial charge in [0.1, 0.15) is 10.6 Å². The van der Waals surface area contributed by atoms with Crippen LogP contribution in [0.4, 0.5) is 5.82 Å². The van der Waals surface area contributed by atoms with Crippen molar-refractivity contribution in [1.82, 2.24) is 25.1 Å². The van der Waals surface area contributed by atoms with Crippen LogP contribution < -0.4 is 4.90 Å². The van der Waals surface area contributed by atoms with Gasteiger partial charge in [-0.3, -0.25) is 4.98 Å². The van der Waals surface area contributed by atoms with Gasteiger partial charge in [-0.25, -0.2) is 9.97 Å². The van der Waals surface area contributed by atoms with E-state index >= 15 is 0 Å². The average Bonchev–Trinajstić information content (AvgIpc) is 3.51. The fourth-order valence-electron chi connectivity index (χ4n) is 4.33. The summed E-state index contributed by atoms with van der Waals surface area (Å²) in [6, 6.07) is 16.6. The maximum atomic E-state index is 5.43. The molecule has 1 saturated heterocycles. The summed E-state index contributed by atoms with van der Waals surface area (Å²) in [5, 5.41) is 5.06.